The summed E-state index contributed by atoms with van der Waals surface area (Å²) in [7, 11) is 0. The van der Waals surface area contributed by atoms with Crippen molar-refractivity contribution >= 4 is 11.8 Å². The Kier molecular flexibility index (Phi) is 3.78. The van der Waals surface area contributed by atoms with E-state index in [0.717, 1.165) is 43.6 Å². The number of aliphatic hydroxyl groups excluding tert-OH is 1. The van der Waals surface area contributed by atoms with E-state index >= 15 is 0 Å². The molecule has 1 aliphatic carbocycles. The molecule has 4 N–H and O–H groups in total. The first kappa shape index (κ1) is 12.1. The number of nitrogen functional groups attached to an aromatic ring is 1. The maximum absolute atomic E-state index is 9.44. The van der Waals surface area contributed by atoms with Gasteiger partial charge in [0.15, 0.2) is 0 Å². The van der Waals surface area contributed by atoms with Gasteiger partial charge in [0, 0.05) is 18.3 Å². The van der Waals surface area contributed by atoms with Crippen molar-refractivity contribution in [1.82, 2.24) is 9.97 Å². The van der Waals surface area contributed by atoms with Crippen molar-refractivity contribution in [3.05, 3.63) is 11.8 Å². The molecule has 2 rings (SSSR count). The van der Waals surface area contributed by atoms with Gasteiger partial charge >= 0.3 is 0 Å². The standard InChI is InChI=1S/C12H20N4O/c1-8-6-15-12(13)16-11(8)14-7-9-2-4-10(17)5-3-9/h6,9-10,17H,2-5,7H2,1H3,(H3,13,14,15,16). The van der Waals surface area contributed by atoms with Crippen LogP contribution in [-0.4, -0.2) is 27.7 Å². The normalized spacial score (nSPS) is 24.6. The summed E-state index contributed by atoms with van der Waals surface area (Å²) >= 11 is 0. The van der Waals surface area contributed by atoms with Crippen LogP contribution in [0.3, 0.4) is 0 Å². The Morgan fingerprint density at radius 3 is 2.82 bits per heavy atom. The Labute approximate surface area is 101 Å². The van der Waals surface area contributed by atoms with E-state index in [0.29, 0.717) is 11.9 Å². The number of rotatable bonds is 3. The van der Waals surface area contributed by atoms with Gasteiger partial charge in [-0.25, -0.2) is 4.98 Å². The summed E-state index contributed by atoms with van der Waals surface area (Å²) in [4.78, 5) is 8.12. The number of anilines is 2. The van der Waals surface area contributed by atoms with Crippen LogP contribution in [0.2, 0.25) is 0 Å². The third-order valence-corrected chi connectivity index (χ3v) is 3.36. The molecule has 5 nitrogen and oxygen atoms in total. The molecule has 0 radical (unpaired) electrons. The maximum Gasteiger partial charge on any atom is 0.221 e. The number of hydrogen-bond donors (Lipinski definition) is 3. The first-order valence-corrected chi connectivity index (χ1v) is 6.16. The minimum absolute atomic E-state index is 0.0947. The highest BCUT2D eigenvalue weighted by Crippen LogP contribution is 2.24. The third-order valence-electron chi connectivity index (χ3n) is 3.36. The van der Waals surface area contributed by atoms with Crippen LogP contribution in [0.5, 0.6) is 0 Å². The van der Waals surface area contributed by atoms with Gasteiger partial charge in [0.25, 0.3) is 0 Å². The van der Waals surface area contributed by atoms with Crippen LogP contribution in [-0.2, 0) is 0 Å². The summed E-state index contributed by atoms with van der Waals surface area (Å²) in [5.41, 5.74) is 6.57. The zero-order valence-electron chi connectivity index (χ0n) is 10.2. The first-order valence-electron chi connectivity index (χ1n) is 6.16. The molecule has 0 amide bonds. The molecule has 1 aromatic rings. The Morgan fingerprint density at radius 1 is 1.41 bits per heavy atom. The summed E-state index contributed by atoms with van der Waals surface area (Å²) in [5.74, 6) is 1.75. The van der Waals surface area contributed by atoms with Crippen molar-refractivity contribution in [1.29, 1.82) is 0 Å². The minimum atomic E-state index is -0.0947. The highest BCUT2D eigenvalue weighted by molar-refractivity contribution is 5.45. The van der Waals surface area contributed by atoms with Crippen molar-refractivity contribution < 1.29 is 5.11 Å². The number of aryl methyl sites for hydroxylation is 1. The average Bonchev–Trinajstić information content (AvgIpc) is 2.32. The van der Waals surface area contributed by atoms with E-state index < -0.39 is 0 Å². The van der Waals surface area contributed by atoms with Gasteiger partial charge in [0.05, 0.1) is 6.10 Å². The zero-order valence-corrected chi connectivity index (χ0v) is 10.2. The molecule has 94 valence electrons. The van der Waals surface area contributed by atoms with Crippen molar-refractivity contribution in [2.24, 2.45) is 5.92 Å². The predicted octanol–water partition coefficient (Wildman–Crippen LogP) is 1.33. The topological polar surface area (TPSA) is 84.1 Å². The monoisotopic (exact) mass is 236 g/mol. The van der Waals surface area contributed by atoms with Gasteiger partial charge in [-0.2, -0.15) is 4.98 Å². The summed E-state index contributed by atoms with van der Waals surface area (Å²) < 4.78 is 0. The fraction of sp³-hybridized carbons (Fsp3) is 0.667. The molecule has 0 aromatic carbocycles. The highest BCUT2D eigenvalue weighted by atomic mass is 16.3. The zero-order chi connectivity index (χ0) is 12.3. The van der Waals surface area contributed by atoms with Gasteiger partial charge in [-0.15, -0.1) is 0 Å². The van der Waals surface area contributed by atoms with Crippen LogP contribution in [0.25, 0.3) is 0 Å². The number of aliphatic hydroxyl groups is 1. The maximum atomic E-state index is 9.44. The van der Waals surface area contributed by atoms with Crippen molar-refractivity contribution in [2.45, 2.75) is 38.7 Å². The molecule has 0 unspecified atom stereocenters. The fourth-order valence-corrected chi connectivity index (χ4v) is 2.22. The van der Waals surface area contributed by atoms with Crippen LogP contribution >= 0.6 is 0 Å². The molecule has 0 spiro atoms. The highest BCUT2D eigenvalue weighted by Gasteiger charge is 2.19. The molecule has 1 aromatic heterocycles. The van der Waals surface area contributed by atoms with Gasteiger partial charge < -0.3 is 16.2 Å². The average molecular weight is 236 g/mol. The molecule has 0 saturated heterocycles. The van der Waals surface area contributed by atoms with Crippen molar-refractivity contribution in [2.75, 3.05) is 17.6 Å². The van der Waals surface area contributed by atoms with E-state index in [-0.39, 0.29) is 6.10 Å². The molecular formula is C12H20N4O. The Hall–Kier alpha value is -1.36. The molecule has 17 heavy (non-hydrogen) atoms. The van der Waals surface area contributed by atoms with Gasteiger partial charge in [-0.05, 0) is 38.5 Å². The summed E-state index contributed by atoms with van der Waals surface area (Å²) in [6.07, 6.45) is 5.62. The van der Waals surface area contributed by atoms with Gasteiger partial charge in [0.2, 0.25) is 5.95 Å². The van der Waals surface area contributed by atoms with E-state index in [1.807, 2.05) is 6.92 Å². The minimum Gasteiger partial charge on any atom is -0.393 e. The molecule has 1 saturated carbocycles. The number of aromatic nitrogens is 2. The van der Waals surface area contributed by atoms with Crippen LogP contribution < -0.4 is 11.1 Å². The van der Waals surface area contributed by atoms with Crippen LogP contribution in [0.1, 0.15) is 31.2 Å². The molecule has 1 aliphatic rings. The predicted molar refractivity (Wildman–Crippen MR) is 67.6 cm³/mol. The lowest BCUT2D eigenvalue weighted by Gasteiger charge is -2.25. The van der Waals surface area contributed by atoms with Crippen LogP contribution in [0.15, 0.2) is 6.20 Å². The first-order chi connectivity index (χ1) is 8.15. The smallest absolute Gasteiger partial charge is 0.221 e. The SMILES string of the molecule is Cc1cnc(N)nc1NCC1CCC(O)CC1. The molecule has 5 heteroatoms. The lowest BCUT2D eigenvalue weighted by molar-refractivity contribution is 0.111. The van der Waals surface area contributed by atoms with E-state index in [4.69, 9.17) is 5.73 Å². The summed E-state index contributed by atoms with van der Waals surface area (Å²) in [6.45, 7) is 2.86. The number of nitrogens with zero attached hydrogens (tertiary/aromatic N) is 2. The fourth-order valence-electron chi connectivity index (χ4n) is 2.22. The number of nitrogens with one attached hydrogen (secondary N) is 1. The lowest BCUT2D eigenvalue weighted by atomic mass is 9.87. The van der Waals surface area contributed by atoms with Gasteiger partial charge in [-0.3, -0.25) is 0 Å². The van der Waals surface area contributed by atoms with E-state index in [9.17, 15) is 5.11 Å². The largest absolute Gasteiger partial charge is 0.393 e. The third kappa shape index (κ3) is 3.30. The summed E-state index contributed by atoms with van der Waals surface area (Å²) in [5, 5.41) is 12.8. The Balaban J connectivity index is 1.87. The Bertz CT molecular complexity index is 375. The van der Waals surface area contributed by atoms with E-state index in [1.54, 1.807) is 6.20 Å². The number of nitrogens with two attached hydrogens (primary N) is 1. The molecule has 0 bridgehead atoms. The molecule has 1 fully saturated rings. The second-order valence-corrected chi connectivity index (χ2v) is 4.82. The van der Waals surface area contributed by atoms with Crippen LogP contribution in [0.4, 0.5) is 11.8 Å². The van der Waals surface area contributed by atoms with Crippen LogP contribution in [0, 0.1) is 12.8 Å². The summed E-state index contributed by atoms with van der Waals surface area (Å²) in [6, 6.07) is 0. The quantitative estimate of drug-likeness (QED) is 0.737. The van der Waals surface area contributed by atoms with Gasteiger partial charge in [-0.1, -0.05) is 0 Å². The van der Waals surface area contributed by atoms with E-state index in [2.05, 4.69) is 15.3 Å². The van der Waals surface area contributed by atoms with E-state index in [1.165, 1.54) is 0 Å². The molecule has 0 aliphatic heterocycles. The Morgan fingerprint density at radius 2 is 2.12 bits per heavy atom. The van der Waals surface area contributed by atoms with Gasteiger partial charge in [0.1, 0.15) is 5.82 Å². The molecule has 1 heterocycles. The lowest BCUT2D eigenvalue weighted by Crippen LogP contribution is -2.24. The number of hydrogen-bond acceptors (Lipinski definition) is 5. The second kappa shape index (κ2) is 5.31. The second-order valence-electron chi connectivity index (χ2n) is 4.82. The van der Waals surface area contributed by atoms with Crippen molar-refractivity contribution in [3.8, 4) is 0 Å². The molecule has 0 atom stereocenters. The van der Waals surface area contributed by atoms with Crippen molar-refractivity contribution in [3.63, 3.8) is 0 Å². The molecular weight excluding hydrogens is 216 g/mol.